The van der Waals surface area contributed by atoms with Crippen LogP contribution in [0.3, 0.4) is 0 Å². The van der Waals surface area contributed by atoms with E-state index in [9.17, 15) is 4.79 Å². The molecule has 0 N–H and O–H groups in total. The van der Waals surface area contributed by atoms with Gasteiger partial charge in [-0.05, 0) is 19.1 Å². The van der Waals surface area contributed by atoms with Crippen LogP contribution in [0, 0.1) is 11.8 Å². The van der Waals surface area contributed by atoms with Gasteiger partial charge in [-0.3, -0.25) is 9.69 Å². The molecule has 0 aliphatic heterocycles. The van der Waals surface area contributed by atoms with E-state index in [2.05, 4.69) is 25.0 Å². The highest BCUT2D eigenvalue weighted by Crippen LogP contribution is 2.07. The molecule has 0 aliphatic carbocycles. The zero-order chi connectivity index (χ0) is 16.2. The molecule has 22 heavy (non-hydrogen) atoms. The molecule has 0 amide bonds. The van der Waals surface area contributed by atoms with Crippen molar-refractivity contribution in [3.05, 3.63) is 61.2 Å². The summed E-state index contributed by atoms with van der Waals surface area (Å²) in [4.78, 5) is 13.9. The zero-order valence-electron chi connectivity index (χ0n) is 13.1. The molecule has 1 unspecified atom stereocenters. The van der Waals surface area contributed by atoms with Crippen LogP contribution in [0.2, 0.25) is 0 Å². The number of carbonyl (C=O) groups excluding carboxylic acids is 1. The van der Waals surface area contributed by atoms with Crippen molar-refractivity contribution in [2.24, 2.45) is 0 Å². The van der Waals surface area contributed by atoms with E-state index in [-0.39, 0.29) is 18.4 Å². The Hall–Kier alpha value is -2.31. The van der Waals surface area contributed by atoms with E-state index in [0.717, 1.165) is 5.56 Å². The second-order valence-corrected chi connectivity index (χ2v) is 4.69. The van der Waals surface area contributed by atoms with Crippen LogP contribution in [0.5, 0.6) is 0 Å². The molecule has 1 atom stereocenters. The molecule has 0 bridgehead atoms. The van der Waals surface area contributed by atoms with E-state index in [0.29, 0.717) is 19.7 Å². The molecule has 0 aliphatic rings. The smallest absolute Gasteiger partial charge is 0.308 e. The topological polar surface area (TPSA) is 29.5 Å². The largest absolute Gasteiger partial charge is 0.466 e. The Bertz CT molecular complexity index is 530. The first-order valence-corrected chi connectivity index (χ1v) is 7.39. The fraction of sp³-hybridized carbons (Fsp3) is 0.316. The third-order valence-electron chi connectivity index (χ3n) is 2.99. The SMILES string of the molecule is C=CCN(CC=C)C(C#Cc1ccccc1)CC(=O)OCC. The maximum atomic E-state index is 11.8. The van der Waals surface area contributed by atoms with E-state index in [1.54, 1.807) is 19.1 Å². The maximum absolute atomic E-state index is 11.8. The van der Waals surface area contributed by atoms with Crippen LogP contribution in [0.1, 0.15) is 18.9 Å². The standard InChI is InChI=1S/C19H23NO2/c1-4-14-20(15-5-2)18(16-19(21)22-6-3)13-12-17-10-8-7-9-11-17/h4-5,7-11,18H,1-2,6,14-16H2,3H3. The summed E-state index contributed by atoms with van der Waals surface area (Å²) >= 11 is 0. The van der Waals surface area contributed by atoms with Gasteiger partial charge in [0.2, 0.25) is 0 Å². The molecule has 1 aromatic carbocycles. The number of hydrogen-bond donors (Lipinski definition) is 0. The first kappa shape index (κ1) is 17.7. The number of hydrogen-bond acceptors (Lipinski definition) is 3. The molecule has 3 nitrogen and oxygen atoms in total. The lowest BCUT2D eigenvalue weighted by molar-refractivity contribution is -0.144. The number of nitrogens with zero attached hydrogens (tertiary/aromatic N) is 1. The van der Waals surface area contributed by atoms with Crippen LogP contribution in [-0.4, -0.2) is 36.6 Å². The Morgan fingerprint density at radius 1 is 1.27 bits per heavy atom. The van der Waals surface area contributed by atoms with Gasteiger partial charge in [0.15, 0.2) is 0 Å². The first-order chi connectivity index (χ1) is 10.7. The van der Waals surface area contributed by atoms with Crippen molar-refractivity contribution in [3.8, 4) is 11.8 Å². The van der Waals surface area contributed by atoms with E-state index in [1.165, 1.54) is 0 Å². The van der Waals surface area contributed by atoms with E-state index < -0.39 is 0 Å². The van der Waals surface area contributed by atoms with Crippen molar-refractivity contribution in [3.63, 3.8) is 0 Å². The Morgan fingerprint density at radius 3 is 2.45 bits per heavy atom. The molecule has 116 valence electrons. The third-order valence-corrected chi connectivity index (χ3v) is 2.99. The Balaban J connectivity index is 2.93. The molecular formula is C19H23NO2. The van der Waals surface area contributed by atoms with Crippen molar-refractivity contribution < 1.29 is 9.53 Å². The van der Waals surface area contributed by atoms with Gasteiger partial charge in [0.1, 0.15) is 0 Å². The third kappa shape index (κ3) is 6.43. The lowest BCUT2D eigenvalue weighted by atomic mass is 10.1. The van der Waals surface area contributed by atoms with Crippen LogP contribution in [0.4, 0.5) is 0 Å². The molecule has 1 aromatic rings. The minimum atomic E-state index is -0.243. The van der Waals surface area contributed by atoms with Crippen LogP contribution in [-0.2, 0) is 9.53 Å². The molecule has 0 radical (unpaired) electrons. The highest BCUT2D eigenvalue weighted by molar-refractivity contribution is 5.70. The summed E-state index contributed by atoms with van der Waals surface area (Å²) in [6.45, 7) is 11.0. The van der Waals surface area contributed by atoms with Gasteiger partial charge < -0.3 is 4.74 Å². The highest BCUT2D eigenvalue weighted by Gasteiger charge is 2.18. The zero-order valence-corrected chi connectivity index (χ0v) is 13.1. The summed E-state index contributed by atoms with van der Waals surface area (Å²) in [5.41, 5.74) is 0.925. The second-order valence-electron chi connectivity index (χ2n) is 4.69. The van der Waals surface area contributed by atoms with Crippen LogP contribution in [0.15, 0.2) is 55.6 Å². The summed E-state index contributed by atoms with van der Waals surface area (Å²) < 4.78 is 5.05. The van der Waals surface area contributed by atoms with Crippen molar-refractivity contribution in [1.82, 2.24) is 4.90 Å². The van der Waals surface area contributed by atoms with Gasteiger partial charge in [-0.15, -0.1) is 13.2 Å². The average Bonchev–Trinajstić information content (AvgIpc) is 2.52. The van der Waals surface area contributed by atoms with E-state index >= 15 is 0 Å². The Morgan fingerprint density at radius 2 is 1.91 bits per heavy atom. The van der Waals surface area contributed by atoms with Gasteiger partial charge in [0, 0.05) is 18.7 Å². The molecule has 0 aromatic heterocycles. The fourth-order valence-corrected chi connectivity index (χ4v) is 2.00. The van der Waals surface area contributed by atoms with Crippen molar-refractivity contribution >= 4 is 5.97 Å². The van der Waals surface area contributed by atoms with Crippen LogP contribution in [0.25, 0.3) is 0 Å². The quantitative estimate of drug-likeness (QED) is 0.420. The minimum absolute atomic E-state index is 0.227. The summed E-state index contributed by atoms with van der Waals surface area (Å²) in [6.07, 6.45) is 3.83. The lowest BCUT2D eigenvalue weighted by Crippen LogP contribution is -2.36. The van der Waals surface area contributed by atoms with Crippen LogP contribution < -0.4 is 0 Å². The molecule has 1 rings (SSSR count). The maximum Gasteiger partial charge on any atom is 0.308 e. The van der Waals surface area contributed by atoms with E-state index in [4.69, 9.17) is 4.74 Å². The van der Waals surface area contributed by atoms with Gasteiger partial charge >= 0.3 is 5.97 Å². The predicted molar refractivity (Wildman–Crippen MR) is 90.3 cm³/mol. The monoisotopic (exact) mass is 297 g/mol. The summed E-state index contributed by atoms with van der Waals surface area (Å²) in [7, 11) is 0. The Kier molecular flexibility index (Phi) is 8.40. The number of carbonyl (C=O) groups is 1. The Labute approximate surface area is 133 Å². The van der Waals surface area contributed by atoms with Gasteiger partial charge in [0.05, 0.1) is 19.1 Å². The molecule has 0 saturated heterocycles. The second kappa shape index (κ2) is 10.4. The van der Waals surface area contributed by atoms with E-state index in [1.807, 2.05) is 35.2 Å². The minimum Gasteiger partial charge on any atom is -0.466 e. The van der Waals surface area contributed by atoms with Gasteiger partial charge in [-0.25, -0.2) is 0 Å². The first-order valence-electron chi connectivity index (χ1n) is 7.39. The molecule has 0 spiro atoms. The fourth-order valence-electron chi connectivity index (χ4n) is 2.00. The summed E-state index contributed by atoms with van der Waals surface area (Å²) in [6, 6.07) is 9.49. The predicted octanol–water partition coefficient (Wildman–Crippen LogP) is 3.03. The number of ether oxygens (including phenoxy) is 1. The molecular weight excluding hydrogens is 274 g/mol. The number of benzene rings is 1. The van der Waals surface area contributed by atoms with Crippen molar-refractivity contribution in [2.45, 2.75) is 19.4 Å². The van der Waals surface area contributed by atoms with Gasteiger partial charge in [0.25, 0.3) is 0 Å². The van der Waals surface area contributed by atoms with Crippen molar-refractivity contribution in [1.29, 1.82) is 0 Å². The summed E-state index contributed by atoms with van der Waals surface area (Å²) in [5, 5.41) is 0. The average molecular weight is 297 g/mol. The van der Waals surface area contributed by atoms with Crippen LogP contribution >= 0.6 is 0 Å². The lowest BCUT2D eigenvalue weighted by Gasteiger charge is -2.25. The van der Waals surface area contributed by atoms with Crippen molar-refractivity contribution in [2.75, 3.05) is 19.7 Å². The molecule has 0 heterocycles. The highest BCUT2D eigenvalue weighted by atomic mass is 16.5. The molecule has 0 fully saturated rings. The summed E-state index contributed by atoms with van der Waals surface area (Å²) in [5.74, 6) is 6.05. The normalized spacial score (nSPS) is 11.2. The van der Waals surface area contributed by atoms with Gasteiger partial charge in [-0.1, -0.05) is 42.2 Å². The number of esters is 1. The number of rotatable bonds is 8. The van der Waals surface area contributed by atoms with Gasteiger partial charge in [-0.2, -0.15) is 0 Å². The molecule has 0 saturated carbocycles. The molecule has 3 heteroatoms.